The van der Waals surface area contributed by atoms with Gasteiger partial charge in [-0.2, -0.15) is 0 Å². The summed E-state index contributed by atoms with van der Waals surface area (Å²) < 4.78 is 26.4. The van der Waals surface area contributed by atoms with Crippen molar-refractivity contribution >= 4 is 15.7 Å². The number of carbonyl (C=O) groups excluding carboxylic acids is 1. The van der Waals surface area contributed by atoms with E-state index in [-0.39, 0.29) is 18.1 Å². The smallest absolute Gasteiger partial charge is 0.223 e. The molecule has 2 aromatic heterocycles. The number of amides is 1. The van der Waals surface area contributed by atoms with Gasteiger partial charge in [0.2, 0.25) is 5.91 Å². The van der Waals surface area contributed by atoms with Gasteiger partial charge in [0, 0.05) is 25.8 Å². The van der Waals surface area contributed by atoms with Gasteiger partial charge in [-0.05, 0) is 13.3 Å². The molecule has 10 heteroatoms. The fourth-order valence-corrected chi connectivity index (χ4v) is 3.44. The Labute approximate surface area is 146 Å². The van der Waals surface area contributed by atoms with Gasteiger partial charge in [0.1, 0.15) is 9.84 Å². The summed E-state index contributed by atoms with van der Waals surface area (Å²) in [4.78, 5) is 18.6. The number of hydrogen-bond acceptors (Lipinski definition) is 6. The molecule has 25 heavy (non-hydrogen) atoms. The van der Waals surface area contributed by atoms with Crippen molar-refractivity contribution in [3.05, 3.63) is 29.6 Å². The lowest BCUT2D eigenvalue weighted by Gasteiger charge is -2.20. The van der Waals surface area contributed by atoms with Gasteiger partial charge >= 0.3 is 0 Å². The van der Waals surface area contributed by atoms with Crippen LogP contribution < -0.4 is 0 Å². The van der Waals surface area contributed by atoms with E-state index in [1.54, 1.807) is 22.1 Å². The van der Waals surface area contributed by atoms with Gasteiger partial charge in [-0.1, -0.05) is 5.21 Å². The van der Waals surface area contributed by atoms with E-state index < -0.39 is 9.84 Å². The number of sulfone groups is 1. The largest absolute Gasteiger partial charge is 0.337 e. The Morgan fingerprint density at radius 1 is 1.32 bits per heavy atom. The average molecular weight is 366 g/mol. The van der Waals surface area contributed by atoms with Crippen molar-refractivity contribution in [2.75, 3.05) is 18.6 Å². The first kappa shape index (κ1) is 17.6. The Kier molecular flexibility index (Phi) is 4.89. The minimum Gasteiger partial charge on any atom is -0.337 e. The molecule has 0 spiro atoms. The number of aromatic nitrogens is 5. The summed E-state index contributed by atoms with van der Waals surface area (Å²) in [6, 6.07) is 0. The zero-order chi connectivity index (χ0) is 18.0. The highest BCUT2D eigenvalue weighted by atomic mass is 32.2. The molecule has 0 aromatic carbocycles. The number of rotatable bonds is 5. The molecular formula is C15H22N6O3S. The Bertz CT molecular complexity index is 870. The van der Waals surface area contributed by atoms with Crippen LogP contribution in [0.2, 0.25) is 0 Å². The van der Waals surface area contributed by atoms with Gasteiger partial charge in [0.25, 0.3) is 0 Å². The highest BCUT2D eigenvalue weighted by Gasteiger charge is 2.23. The Morgan fingerprint density at radius 3 is 2.80 bits per heavy atom. The number of aryl methyl sites for hydroxylation is 2. The van der Waals surface area contributed by atoms with E-state index in [4.69, 9.17) is 0 Å². The molecule has 3 heterocycles. The fraction of sp³-hybridized carbons (Fsp3) is 0.600. The summed E-state index contributed by atoms with van der Waals surface area (Å²) in [5.74, 6) is -0.255. The molecule has 0 saturated carbocycles. The van der Waals surface area contributed by atoms with Crippen LogP contribution in [0.3, 0.4) is 0 Å². The summed E-state index contributed by atoms with van der Waals surface area (Å²) in [5, 5.41) is 7.92. The maximum absolute atomic E-state index is 12.4. The first-order valence-electron chi connectivity index (χ1n) is 8.17. The first-order valence-corrected chi connectivity index (χ1v) is 10.2. The van der Waals surface area contributed by atoms with E-state index in [2.05, 4.69) is 19.9 Å². The normalized spacial score (nSPS) is 15.0. The Morgan fingerprint density at radius 2 is 2.12 bits per heavy atom. The summed E-state index contributed by atoms with van der Waals surface area (Å²) in [7, 11) is -3.15. The lowest BCUT2D eigenvalue weighted by Crippen LogP contribution is -2.32. The maximum atomic E-state index is 12.4. The summed E-state index contributed by atoms with van der Waals surface area (Å²) >= 11 is 0. The molecule has 1 amide bonds. The second-order valence-electron chi connectivity index (χ2n) is 6.41. The molecule has 0 bridgehead atoms. The van der Waals surface area contributed by atoms with Crippen LogP contribution in [0.5, 0.6) is 0 Å². The van der Waals surface area contributed by atoms with E-state index >= 15 is 0 Å². The van der Waals surface area contributed by atoms with Crippen LogP contribution in [0.25, 0.3) is 0 Å². The predicted molar refractivity (Wildman–Crippen MR) is 90.4 cm³/mol. The number of fused-ring (bicyclic) bond motifs is 1. The first-order chi connectivity index (χ1) is 11.8. The van der Waals surface area contributed by atoms with E-state index in [0.717, 1.165) is 36.3 Å². The third kappa shape index (κ3) is 4.25. The van der Waals surface area contributed by atoms with Crippen LogP contribution in [0.15, 0.2) is 12.5 Å². The molecule has 0 unspecified atom stereocenters. The zero-order valence-electron chi connectivity index (χ0n) is 14.4. The Hall–Kier alpha value is -2.23. The van der Waals surface area contributed by atoms with E-state index in [0.29, 0.717) is 19.6 Å². The van der Waals surface area contributed by atoms with Crippen molar-refractivity contribution in [2.24, 2.45) is 0 Å². The van der Waals surface area contributed by atoms with Crippen LogP contribution in [-0.2, 0) is 34.3 Å². The van der Waals surface area contributed by atoms with Crippen LogP contribution in [0.4, 0.5) is 0 Å². The van der Waals surface area contributed by atoms with E-state index in [9.17, 15) is 13.2 Å². The van der Waals surface area contributed by atoms with Crippen LogP contribution in [0.1, 0.15) is 29.9 Å². The monoisotopic (exact) mass is 366 g/mol. The molecule has 1 aliphatic rings. The van der Waals surface area contributed by atoms with E-state index in [1.807, 2.05) is 6.92 Å². The van der Waals surface area contributed by atoms with Gasteiger partial charge < -0.3 is 9.47 Å². The summed E-state index contributed by atoms with van der Waals surface area (Å²) in [5.41, 5.74) is 2.77. The lowest BCUT2D eigenvalue weighted by molar-refractivity contribution is -0.131. The maximum Gasteiger partial charge on any atom is 0.223 e. The van der Waals surface area contributed by atoms with Gasteiger partial charge in [-0.15, -0.1) is 5.10 Å². The standard InChI is InChI=1S/C15H22N6O3S/c1-12-8-17-18-21(12)9-13-14-10-19(5-3-6-20(14)11-16-13)15(22)4-7-25(2,23)24/h8,11H,3-7,9-10H2,1-2H3. The van der Waals surface area contributed by atoms with Gasteiger partial charge in [0.05, 0.1) is 48.4 Å². The molecule has 136 valence electrons. The lowest BCUT2D eigenvalue weighted by atomic mass is 10.2. The van der Waals surface area contributed by atoms with Crippen molar-refractivity contribution < 1.29 is 13.2 Å². The number of nitrogens with zero attached hydrogens (tertiary/aromatic N) is 6. The van der Waals surface area contributed by atoms with Crippen molar-refractivity contribution in [1.29, 1.82) is 0 Å². The quantitative estimate of drug-likeness (QED) is 0.738. The van der Waals surface area contributed by atoms with Crippen molar-refractivity contribution in [3.8, 4) is 0 Å². The minimum absolute atomic E-state index is 0.0183. The molecule has 9 nitrogen and oxygen atoms in total. The molecule has 0 atom stereocenters. The zero-order valence-corrected chi connectivity index (χ0v) is 15.2. The molecule has 0 aliphatic carbocycles. The number of imidazole rings is 1. The molecule has 0 N–H and O–H groups in total. The molecular weight excluding hydrogens is 344 g/mol. The molecule has 0 radical (unpaired) electrons. The third-order valence-corrected chi connectivity index (χ3v) is 5.30. The van der Waals surface area contributed by atoms with Gasteiger partial charge in [0.15, 0.2) is 0 Å². The number of carbonyl (C=O) groups is 1. The topological polar surface area (TPSA) is 103 Å². The highest BCUT2D eigenvalue weighted by molar-refractivity contribution is 7.90. The predicted octanol–water partition coefficient (Wildman–Crippen LogP) is -0.00168. The Balaban J connectivity index is 1.76. The molecule has 3 rings (SSSR count). The highest BCUT2D eigenvalue weighted by Crippen LogP contribution is 2.18. The molecule has 0 saturated heterocycles. The van der Waals surface area contributed by atoms with Crippen molar-refractivity contribution in [1.82, 2.24) is 29.4 Å². The third-order valence-electron chi connectivity index (χ3n) is 4.35. The average Bonchev–Trinajstić information content (AvgIpc) is 3.04. The van der Waals surface area contributed by atoms with E-state index in [1.165, 1.54) is 0 Å². The van der Waals surface area contributed by atoms with Crippen molar-refractivity contribution in [2.45, 2.75) is 39.4 Å². The van der Waals surface area contributed by atoms with Crippen LogP contribution in [-0.4, -0.2) is 62.3 Å². The van der Waals surface area contributed by atoms with Crippen LogP contribution in [0, 0.1) is 6.92 Å². The molecule has 1 aliphatic heterocycles. The molecule has 0 fully saturated rings. The second-order valence-corrected chi connectivity index (χ2v) is 8.67. The SMILES string of the molecule is Cc1cnnn1Cc1ncn2c1CN(C(=O)CCS(C)(=O)=O)CCC2. The second kappa shape index (κ2) is 6.95. The number of hydrogen-bond donors (Lipinski definition) is 0. The molecule has 2 aromatic rings. The van der Waals surface area contributed by atoms with Gasteiger partial charge in [-0.3, -0.25) is 4.79 Å². The van der Waals surface area contributed by atoms with Crippen molar-refractivity contribution in [3.63, 3.8) is 0 Å². The summed E-state index contributed by atoms with van der Waals surface area (Å²) in [6.45, 7) is 4.27. The fourth-order valence-electron chi connectivity index (χ4n) is 2.90. The van der Waals surface area contributed by atoms with Gasteiger partial charge in [-0.25, -0.2) is 18.1 Å². The minimum atomic E-state index is -3.15. The summed E-state index contributed by atoms with van der Waals surface area (Å²) in [6.07, 6.45) is 5.47. The van der Waals surface area contributed by atoms with Crippen LogP contribution >= 0.6 is 0 Å².